The molecule has 1 saturated heterocycles. The van der Waals surface area contributed by atoms with Gasteiger partial charge in [0, 0.05) is 31.1 Å². The van der Waals surface area contributed by atoms with Gasteiger partial charge in [-0.15, -0.1) is 11.3 Å². The van der Waals surface area contributed by atoms with E-state index in [1.54, 1.807) is 17.0 Å². The summed E-state index contributed by atoms with van der Waals surface area (Å²) >= 11 is 1.51. The van der Waals surface area contributed by atoms with Gasteiger partial charge in [0.05, 0.1) is 4.90 Å². The highest BCUT2D eigenvalue weighted by Crippen LogP contribution is 2.25. The van der Waals surface area contributed by atoms with Crippen molar-refractivity contribution in [1.29, 1.82) is 0 Å². The highest BCUT2D eigenvalue weighted by Gasteiger charge is 2.30. The van der Waals surface area contributed by atoms with Crippen molar-refractivity contribution >= 4 is 27.3 Å². The van der Waals surface area contributed by atoms with E-state index in [0.29, 0.717) is 19.7 Å². The van der Waals surface area contributed by atoms with Crippen LogP contribution in [0.25, 0.3) is 0 Å². The minimum absolute atomic E-state index is 0.0160. The van der Waals surface area contributed by atoms with E-state index in [2.05, 4.69) is 4.72 Å². The summed E-state index contributed by atoms with van der Waals surface area (Å²) in [6.45, 7) is 2.00. The predicted molar refractivity (Wildman–Crippen MR) is 103 cm³/mol. The second-order valence-electron chi connectivity index (χ2n) is 6.85. The molecule has 1 aromatic heterocycles. The molecule has 1 atom stereocenters. The molecule has 0 aliphatic carbocycles. The van der Waals surface area contributed by atoms with Crippen molar-refractivity contribution in [3.8, 4) is 0 Å². The Labute approximate surface area is 163 Å². The Kier molecular flexibility index (Phi) is 5.32. The van der Waals surface area contributed by atoms with Gasteiger partial charge in [-0.25, -0.2) is 13.1 Å². The van der Waals surface area contributed by atoms with Gasteiger partial charge in [-0.3, -0.25) is 4.79 Å². The minimum atomic E-state index is -3.59. The molecule has 0 spiro atoms. The highest BCUT2D eigenvalue weighted by atomic mass is 32.2. The van der Waals surface area contributed by atoms with E-state index in [4.69, 9.17) is 4.74 Å². The van der Waals surface area contributed by atoms with Crippen LogP contribution < -0.4 is 4.72 Å². The van der Waals surface area contributed by atoms with Crippen LogP contribution in [0.1, 0.15) is 28.8 Å². The fourth-order valence-corrected chi connectivity index (χ4v) is 5.32. The van der Waals surface area contributed by atoms with E-state index in [9.17, 15) is 13.2 Å². The zero-order valence-corrected chi connectivity index (χ0v) is 16.5. The third kappa shape index (κ3) is 4.08. The number of hydrogen-bond donors (Lipinski definition) is 1. The molecule has 2 aromatic rings. The number of rotatable bonds is 5. The molecule has 1 fully saturated rings. The van der Waals surface area contributed by atoms with Gasteiger partial charge in [0.1, 0.15) is 6.10 Å². The summed E-state index contributed by atoms with van der Waals surface area (Å²) in [5, 5.41) is 1.92. The van der Waals surface area contributed by atoms with Gasteiger partial charge < -0.3 is 9.64 Å². The van der Waals surface area contributed by atoms with Crippen molar-refractivity contribution in [1.82, 2.24) is 9.62 Å². The molecule has 2 aliphatic heterocycles. The van der Waals surface area contributed by atoms with Gasteiger partial charge in [-0.05, 0) is 54.0 Å². The zero-order valence-electron chi connectivity index (χ0n) is 14.9. The fraction of sp³-hybridized carbons (Fsp3) is 0.421. The predicted octanol–water partition coefficient (Wildman–Crippen LogP) is 2.29. The highest BCUT2D eigenvalue weighted by molar-refractivity contribution is 7.89. The number of benzene rings is 1. The lowest BCUT2D eigenvalue weighted by atomic mass is 9.99. The maximum absolute atomic E-state index is 12.6. The molecule has 1 aromatic carbocycles. The van der Waals surface area contributed by atoms with Gasteiger partial charge in [0.2, 0.25) is 10.0 Å². The van der Waals surface area contributed by atoms with E-state index in [1.807, 2.05) is 23.6 Å². The number of nitrogens with one attached hydrogen (secondary N) is 1. The summed E-state index contributed by atoms with van der Waals surface area (Å²) < 4.78 is 33.4. The van der Waals surface area contributed by atoms with E-state index in [1.165, 1.54) is 11.3 Å². The average Bonchev–Trinajstić information content (AvgIpc) is 3.38. The van der Waals surface area contributed by atoms with Crippen molar-refractivity contribution in [3.05, 3.63) is 51.7 Å². The van der Waals surface area contributed by atoms with Crippen LogP contribution in [0.5, 0.6) is 0 Å². The first-order valence-electron chi connectivity index (χ1n) is 9.07. The first-order chi connectivity index (χ1) is 13.0. The summed E-state index contributed by atoms with van der Waals surface area (Å²) in [6.07, 6.45) is 2.07. The molecule has 3 heterocycles. The maximum atomic E-state index is 12.6. The van der Waals surface area contributed by atoms with E-state index < -0.39 is 10.0 Å². The first-order valence-corrected chi connectivity index (χ1v) is 11.4. The lowest BCUT2D eigenvalue weighted by molar-refractivity contribution is -0.141. The van der Waals surface area contributed by atoms with Crippen LogP contribution in [0.3, 0.4) is 0 Å². The fourth-order valence-electron chi connectivity index (χ4n) is 3.53. The summed E-state index contributed by atoms with van der Waals surface area (Å²) in [7, 11) is -3.59. The Morgan fingerprint density at radius 2 is 2.19 bits per heavy atom. The van der Waals surface area contributed by atoms with Gasteiger partial charge in [-0.2, -0.15) is 0 Å². The Morgan fingerprint density at radius 1 is 1.30 bits per heavy atom. The average molecular weight is 407 g/mol. The molecular weight excluding hydrogens is 384 g/mol. The number of sulfonamides is 1. The van der Waals surface area contributed by atoms with Crippen molar-refractivity contribution in [3.63, 3.8) is 0 Å². The van der Waals surface area contributed by atoms with Crippen molar-refractivity contribution in [2.75, 3.05) is 13.2 Å². The number of carbonyl (C=O) groups excluding carboxylic acids is 1. The van der Waals surface area contributed by atoms with Crippen molar-refractivity contribution in [2.45, 2.75) is 43.4 Å². The molecule has 0 saturated carbocycles. The van der Waals surface area contributed by atoms with Gasteiger partial charge in [0.15, 0.2) is 0 Å². The number of fused-ring (bicyclic) bond motifs is 1. The molecule has 144 valence electrons. The molecule has 4 rings (SSSR count). The van der Waals surface area contributed by atoms with Crippen LogP contribution in [0, 0.1) is 0 Å². The topological polar surface area (TPSA) is 75.7 Å². The monoisotopic (exact) mass is 406 g/mol. The van der Waals surface area contributed by atoms with E-state index in [-0.39, 0.29) is 23.5 Å². The van der Waals surface area contributed by atoms with Gasteiger partial charge >= 0.3 is 0 Å². The van der Waals surface area contributed by atoms with Gasteiger partial charge in [0.25, 0.3) is 5.91 Å². The standard InChI is InChI=1S/C19H22N2O4S2/c22-19(18-4-1-9-25-18)21-8-7-14-5-6-17(11-15(14)13-21)27(23,24)20-12-16-3-2-10-26-16/h2-3,5-6,10-11,18,20H,1,4,7-9,12-13H2/t18-/m1/s1. The normalized spacial score (nSPS) is 19.9. The van der Waals surface area contributed by atoms with Crippen molar-refractivity contribution < 1.29 is 17.9 Å². The summed E-state index contributed by atoms with van der Waals surface area (Å²) in [6, 6.07) is 9.00. The molecule has 2 aliphatic rings. The molecule has 27 heavy (non-hydrogen) atoms. The lowest BCUT2D eigenvalue weighted by Crippen LogP contribution is -2.42. The first kappa shape index (κ1) is 18.6. The largest absolute Gasteiger partial charge is 0.368 e. The van der Waals surface area contributed by atoms with Gasteiger partial charge in [-0.1, -0.05) is 12.1 Å². The van der Waals surface area contributed by atoms with Crippen LogP contribution in [0.2, 0.25) is 0 Å². The molecule has 6 nitrogen and oxygen atoms in total. The quantitative estimate of drug-likeness (QED) is 0.827. The molecule has 0 unspecified atom stereocenters. The molecule has 1 amide bonds. The minimum Gasteiger partial charge on any atom is -0.368 e. The number of carbonyl (C=O) groups is 1. The summed E-state index contributed by atoms with van der Waals surface area (Å²) in [5.41, 5.74) is 2.00. The number of thiophene rings is 1. The molecule has 8 heteroatoms. The number of amides is 1. The third-order valence-corrected chi connectivity index (χ3v) is 7.31. The molecular formula is C19H22N2O4S2. The van der Waals surface area contributed by atoms with E-state index >= 15 is 0 Å². The van der Waals surface area contributed by atoms with Crippen LogP contribution in [0.4, 0.5) is 0 Å². The molecule has 0 radical (unpaired) electrons. The third-order valence-electron chi connectivity index (χ3n) is 5.03. The zero-order chi connectivity index (χ0) is 18.9. The van der Waals surface area contributed by atoms with Crippen LogP contribution in [0.15, 0.2) is 40.6 Å². The second-order valence-corrected chi connectivity index (χ2v) is 9.65. The maximum Gasteiger partial charge on any atom is 0.252 e. The smallest absolute Gasteiger partial charge is 0.252 e. The Morgan fingerprint density at radius 3 is 2.93 bits per heavy atom. The van der Waals surface area contributed by atoms with E-state index in [0.717, 1.165) is 35.3 Å². The lowest BCUT2D eigenvalue weighted by Gasteiger charge is -2.30. The van der Waals surface area contributed by atoms with Crippen LogP contribution >= 0.6 is 11.3 Å². The molecule has 0 bridgehead atoms. The number of nitrogens with zero attached hydrogens (tertiary/aromatic N) is 1. The molecule has 1 N–H and O–H groups in total. The Bertz CT molecular complexity index is 919. The van der Waals surface area contributed by atoms with Crippen molar-refractivity contribution in [2.24, 2.45) is 0 Å². The SMILES string of the molecule is O=C([C@H]1CCCO1)N1CCc2ccc(S(=O)(=O)NCc3cccs3)cc2C1. The summed E-state index contributed by atoms with van der Waals surface area (Å²) in [4.78, 5) is 15.6. The second kappa shape index (κ2) is 7.71. The Balaban J connectivity index is 1.49. The van der Waals surface area contributed by atoms with Crippen LogP contribution in [-0.4, -0.2) is 38.5 Å². The summed E-state index contributed by atoms with van der Waals surface area (Å²) in [5.74, 6) is 0.0160. The number of ether oxygens (including phenoxy) is 1. The Hall–Kier alpha value is -1.74. The van der Waals surface area contributed by atoms with Crippen LogP contribution in [-0.2, 0) is 39.1 Å². The number of hydrogen-bond acceptors (Lipinski definition) is 5.